The first-order valence-corrected chi connectivity index (χ1v) is 5.93. The molecule has 1 N–H and O–H groups in total. The van der Waals surface area contributed by atoms with Crippen LogP contribution in [0.2, 0.25) is 5.15 Å². The summed E-state index contributed by atoms with van der Waals surface area (Å²) in [6.07, 6.45) is 1.56. The van der Waals surface area contributed by atoms with Gasteiger partial charge in [0.2, 0.25) is 5.88 Å². The number of anilines is 1. The third kappa shape index (κ3) is 3.00. The molecule has 2 heterocycles. The molecule has 0 atom stereocenters. The summed E-state index contributed by atoms with van der Waals surface area (Å²) in [4.78, 5) is 20.2. The third-order valence-electron chi connectivity index (χ3n) is 2.51. The minimum Gasteiger partial charge on any atom is -0.480 e. The summed E-state index contributed by atoms with van der Waals surface area (Å²) < 4.78 is 5.04. The standard InChI is InChI=1S/C13H12ClN3O2/c1-8-10(5-6-11(14)16-8)17-12(18)9-4-3-7-15-13(9)19-2/h3-7H,1-2H3,(H,17,18). The maximum absolute atomic E-state index is 12.1. The van der Waals surface area contributed by atoms with Crippen LogP contribution in [0.25, 0.3) is 0 Å². The van der Waals surface area contributed by atoms with Crippen LogP contribution in [0.3, 0.4) is 0 Å². The monoisotopic (exact) mass is 277 g/mol. The van der Waals surface area contributed by atoms with Gasteiger partial charge in [-0.1, -0.05) is 11.6 Å². The molecule has 0 aliphatic carbocycles. The molecule has 5 nitrogen and oxygen atoms in total. The molecule has 98 valence electrons. The Balaban J connectivity index is 2.26. The lowest BCUT2D eigenvalue weighted by molar-refractivity contribution is 0.102. The molecule has 0 unspecified atom stereocenters. The van der Waals surface area contributed by atoms with E-state index >= 15 is 0 Å². The minimum absolute atomic E-state index is 0.277. The number of hydrogen-bond acceptors (Lipinski definition) is 4. The number of methoxy groups -OCH3 is 1. The molecular weight excluding hydrogens is 266 g/mol. The molecule has 0 radical (unpaired) electrons. The number of nitrogens with zero attached hydrogens (tertiary/aromatic N) is 2. The predicted molar refractivity (Wildman–Crippen MR) is 72.7 cm³/mol. The molecule has 0 bridgehead atoms. The maximum atomic E-state index is 12.1. The average molecular weight is 278 g/mol. The van der Waals surface area contributed by atoms with Crippen LogP contribution < -0.4 is 10.1 Å². The Morgan fingerprint density at radius 3 is 2.84 bits per heavy atom. The summed E-state index contributed by atoms with van der Waals surface area (Å²) in [6, 6.07) is 6.63. The van der Waals surface area contributed by atoms with Gasteiger partial charge in [0.1, 0.15) is 10.7 Å². The normalized spacial score (nSPS) is 10.1. The van der Waals surface area contributed by atoms with E-state index in [4.69, 9.17) is 16.3 Å². The fraction of sp³-hybridized carbons (Fsp3) is 0.154. The molecule has 0 saturated heterocycles. The highest BCUT2D eigenvalue weighted by molar-refractivity contribution is 6.29. The number of rotatable bonds is 3. The molecule has 0 saturated carbocycles. The van der Waals surface area contributed by atoms with Crippen LogP contribution in [0.5, 0.6) is 5.88 Å². The molecule has 0 aliphatic rings. The number of carbonyl (C=O) groups excluding carboxylic acids is 1. The van der Waals surface area contributed by atoms with Gasteiger partial charge in [0.25, 0.3) is 5.91 Å². The van der Waals surface area contributed by atoms with Crippen molar-refractivity contribution in [1.82, 2.24) is 9.97 Å². The van der Waals surface area contributed by atoms with Crippen molar-refractivity contribution in [2.45, 2.75) is 6.92 Å². The Labute approximate surface area is 115 Å². The van der Waals surface area contributed by atoms with Gasteiger partial charge < -0.3 is 10.1 Å². The van der Waals surface area contributed by atoms with Crippen LogP contribution in [-0.4, -0.2) is 23.0 Å². The molecule has 0 aromatic carbocycles. The zero-order valence-electron chi connectivity index (χ0n) is 10.5. The van der Waals surface area contributed by atoms with E-state index < -0.39 is 0 Å². The summed E-state index contributed by atoms with van der Waals surface area (Å²) in [5, 5.41) is 3.13. The molecule has 0 spiro atoms. The van der Waals surface area contributed by atoms with Crippen molar-refractivity contribution < 1.29 is 9.53 Å². The molecule has 2 rings (SSSR count). The second-order valence-corrected chi connectivity index (χ2v) is 4.17. The first kappa shape index (κ1) is 13.3. The van der Waals surface area contributed by atoms with E-state index in [-0.39, 0.29) is 11.8 Å². The van der Waals surface area contributed by atoms with Crippen molar-refractivity contribution in [3.8, 4) is 5.88 Å². The smallest absolute Gasteiger partial charge is 0.261 e. The van der Waals surface area contributed by atoms with Gasteiger partial charge in [0, 0.05) is 6.20 Å². The minimum atomic E-state index is -0.308. The van der Waals surface area contributed by atoms with Gasteiger partial charge >= 0.3 is 0 Å². The number of halogens is 1. The fourth-order valence-corrected chi connectivity index (χ4v) is 1.77. The summed E-state index contributed by atoms with van der Waals surface area (Å²) >= 11 is 5.76. The van der Waals surface area contributed by atoms with Crippen molar-refractivity contribution in [1.29, 1.82) is 0 Å². The number of nitrogens with one attached hydrogen (secondary N) is 1. The van der Waals surface area contributed by atoms with Gasteiger partial charge in [-0.25, -0.2) is 9.97 Å². The van der Waals surface area contributed by atoms with E-state index in [1.807, 2.05) is 0 Å². The SMILES string of the molecule is COc1ncccc1C(=O)Nc1ccc(Cl)nc1C. The maximum Gasteiger partial charge on any atom is 0.261 e. The molecule has 6 heteroatoms. The lowest BCUT2D eigenvalue weighted by Gasteiger charge is -2.09. The van der Waals surface area contributed by atoms with Crippen LogP contribution in [0.15, 0.2) is 30.5 Å². The van der Waals surface area contributed by atoms with Crippen LogP contribution in [0.1, 0.15) is 16.1 Å². The van der Waals surface area contributed by atoms with Gasteiger partial charge in [-0.15, -0.1) is 0 Å². The zero-order chi connectivity index (χ0) is 13.8. The number of aryl methyl sites for hydroxylation is 1. The van der Waals surface area contributed by atoms with Crippen molar-refractivity contribution >= 4 is 23.2 Å². The van der Waals surface area contributed by atoms with E-state index in [1.165, 1.54) is 7.11 Å². The predicted octanol–water partition coefficient (Wildman–Crippen LogP) is 2.70. The number of hydrogen-bond donors (Lipinski definition) is 1. The number of amides is 1. The van der Waals surface area contributed by atoms with Crippen molar-refractivity contribution in [2.75, 3.05) is 12.4 Å². The van der Waals surface area contributed by atoms with Crippen LogP contribution in [0, 0.1) is 6.92 Å². The Kier molecular flexibility index (Phi) is 3.97. The van der Waals surface area contributed by atoms with Crippen LogP contribution >= 0.6 is 11.6 Å². The summed E-state index contributed by atoms with van der Waals surface area (Å²) in [5.74, 6) is -0.0308. The Morgan fingerprint density at radius 1 is 1.37 bits per heavy atom. The molecule has 0 fully saturated rings. The van der Waals surface area contributed by atoms with E-state index in [1.54, 1.807) is 37.4 Å². The molecular formula is C13H12ClN3O2. The van der Waals surface area contributed by atoms with Gasteiger partial charge in [0.05, 0.1) is 18.5 Å². The van der Waals surface area contributed by atoms with Crippen molar-refractivity contribution in [3.05, 3.63) is 46.9 Å². The van der Waals surface area contributed by atoms with Gasteiger partial charge in [-0.3, -0.25) is 4.79 Å². The van der Waals surface area contributed by atoms with Gasteiger partial charge in [-0.05, 0) is 31.2 Å². The molecule has 2 aromatic rings. The topological polar surface area (TPSA) is 64.1 Å². The summed E-state index contributed by atoms with van der Waals surface area (Å²) in [7, 11) is 1.47. The third-order valence-corrected chi connectivity index (χ3v) is 2.72. The number of carbonyl (C=O) groups is 1. The average Bonchev–Trinajstić information content (AvgIpc) is 2.41. The van der Waals surface area contributed by atoms with Crippen LogP contribution in [-0.2, 0) is 0 Å². The van der Waals surface area contributed by atoms with E-state index in [0.29, 0.717) is 22.1 Å². The second kappa shape index (κ2) is 5.67. The van der Waals surface area contributed by atoms with E-state index in [0.717, 1.165) is 0 Å². The van der Waals surface area contributed by atoms with Crippen molar-refractivity contribution in [3.63, 3.8) is 0 Å². The fourth-order valence-electron chi connectivity index (χ4n) is 1.58. The number of pyridine rings is 2. The first-order valence-electron chi connectivity index (χ1n) is 5.55. The molecule has 2 aromatic heterocycles. The Bertz CT molecular complexity index is 617. The zero-order valence-corrected chi connectivity index (χ0v) is 11.2. The highest BCUT2D eigenvalue weighted by Crippen LogP contribution is 2.19. The molecule has 19 heavy (non-hydrogen) atoms. The molecule has 0 aliphatic heterocycles. The van der Waals surface area contributed by atoms with E-state index in [2.05, 4.69) is 15.3 Å². The lowest BCUT2D eigenvalue weighted by atomic mass is 10.2. The Hall–Kier alpha value is -2.14. The van der Waals surface area contributed by atoms with E-state index in [9.17, 15) is 4.79 Å². The number of ether oxygens (including phenoxy) is 1. The Morgan fingerprint density at radius 2 is 2.16 bits per heavy atom. The lowest BCUT2D eigenvalue weighted by Crippen LogP contribution is -2.14. The van der Waals surface area contributed by atoms with Gasteiger partial charge in [0.15, 0.2) is 0 Å². The summed E-state index contributed by atoms with van der Waals surface area (Å²) in [5.41, 5.74) is 1.60. The highest BCUT2D eigenvalue weighted by atomic mass is 35.5. The number of aromatic nitrogens is 2. The quantitative estimate of drug-likeness (QED) is 0.876. The highest BCUT2D eigenvalue weighted by Gasteiger charge is 2.14. The largest absolute Gasteiger partial charge is 0.480 e. The second-order valence-electron chi connectivity index (χ2n) is 3.78. The van der Waals surface area contributed by atoms with Crippen molar-refractivity contribution in [2.24, 2.45) is 0 Å². The van der Waals surface area contributed by atoms with Gasteiger partial charge in [-0.2, -0.15) is 0 Å². The van der Waals surface area contributed by atoms with Crippen LogP contribution in [0.4, 0.5) is 5.69 Å². The summed E-state index contributed by atoms with van der Waals surface area (Å²) in [6.45, 7) is 1.77. The first-order chi connectivity index (χ1) is 9.11. The molecule has 1 amide bonds.